The Kier molecular flexibility index (Phi) is 16.3. The van der Waals surface area contributed by atoms with Crippen molar-refractivity contribution in [1.82, 2.24) is 16.0 Å². The van der Waals surface area contributed by atoms with Crippen LogP contribution in [0.25, 0.3) is 0 Å². The van der Waals surface area contributed by atoms with E-state index in [-0.39, 0.29) is 0 Å². The lowest BCUT2D eigenvalue weighted by Crippen LogP contribution is -2.23. The monoisotopic (exact) mass is 503 g/mol. The summed E-state index contributed by atoms with van der Waals surface area (Å²) in [6.45, 7) is 0.709. The lowest BCUT2D eigenvalue weighted by atomic mass is 9.99. The van der Waals surface area contributed by atoms with Crippen LogP contribution in [-0.4, -0.2) is 40.9 Å². The number of rotatable bonds is 9. The molecule has 3 aromatic rings. The summed E-state index contributed by atoms with van der Waals surface area (Å²) in [7, 11) is 7.75. The lowest BCUT2D eigenvalue weighted by molar-refractivity contribution is 0.170. The van der Waals surface area contributed by atoms with Crippen molar-refractivity contribution in [2.24, 2.45) is 0 Å². The van der Waals surface area contributed by atoms with Crippen molar-refractivity contribution >= 4 is 0 Å². The van der Waals surface area contributed by atoms with Crippen LogP contribution in [0.5, 0.6) is 0 Å². The van der Waals surface area contributed by atoms with Gasteiger partial charge in [0.15, 0.2) is 0 Å². The summed E-state index contributed by atoms with van der Waals surface area (Å²) >= 11 is 0. The van der Waals surface area contributed by atoms with E-state index in [0.29, 0.717) is 18.7 Å². The predicted octanol–water partition coefficient (Wildman–Crippen LogP) is 6.71. The normalized spacial score (nSPS) is 15.2. The Bertz CT molecular complexity index is 897. The molecule has 1 aliphatic rings. The molecule has 4 rings (SSSR count). The van der Waals surface area contributed by atoms with Crippen molar-refractivity contribution in [2.75, 3.05) is 34.9 Å². The van der Waals surface area contributed by atoms with E-state index in [9.17, 15) is 0 Å². The first-order valence-corrected chi connectivity index (χ1v) is 13.9. The molecule has 2 unspecified atom stereocenters. The Morgan fingerprint density at radius 2 is 1.11 bits per heavy atom. The minimum absolute atomic E-state index is 0.302. The third kappa shape index (κ3) is 12.5. The summed E-state index contributed by atoms with van der Waals surface area (Å²) in [4.78, 5) is 0. The number of likely N-dealkylation sites (N-methyl/N-ethyl adjacent to an activating group) is 2. The number of hydrogen-bond acceptors (Lipinski definition) is 4. The topological polar surface area (TPSA) is 45.3 Å². The number of methoxy groups -OCH3 is 1. The molecule has 4 heteroatoms. The van der Waals surface area contributed by atoms with Gasteiger partial charge in [0.1, 0.15) is 0 Å². The van der Waals surface area contributed by atoms with Gasteiger partial charge in [0.2, 0.25) is 0 Å². The van der Waals surface area contributed by atoms with Gasteiger partial charge in [-0.25, -0.2) is 0 Å². The van der Waals surface area contributed by atoms with Gasteiger partial charge < -0.3 is 20.7 Å². The molecule has 1 aliphatic carbocycles. The number of hydrogen-bond donors (Lipinski definition) is 3. The van der Waals surface area contributed by atoms with Gasteiger partial charge in [0.25, 0.3) is 0 Å². The number of ether oxygens (including phenoxy) is 1. The molecule has 0 saturated heterocycles. The molecule has 4 nitrogen and oxygen atoms in total. The van der Waals surface area contributed by atoms with Crippen molar-refractivity contribution in [2.45, 2.75) is 63.1 Å². The van der Waals surface area contributed by atoms with Crippen molar-refractivity contribution < 1.29 is 4.74 Å². The van der Waals surface area contributed by atoms with Crippen LogP contribution >= 0.6 is 0 Å². The van der Waals surface area contributed by atoms with E-state index < -0.39 is 0 Å². The Balaban J connectivity index is 0.000000204. The molecular weight excluding hydrogens is 454 g/mol. The fourth-order valence-corrected chi connectivity index (χ4v) is 4.69. The minimum Gasteiger partial charge on any atom is -0.383 e. The average Bonchev–Trinajstić information content (AvgIpc) is 3.26. The molecule has 0 spiro atoms. The van der Waals surface area contributed by atoms with Gasteiger partial charge >= 0.3 is 0 Å². The van der Waals surface area contributed by atoms with Gasteiger partial charge in [-0.3, -0.25) is 0 Å². The average molecular weight is 504 g/mol. The second-order valence-electron chi connectivity index (χ2n) is 9.63. The Morgan fingerprint density at radius 1 is 0.649 bits per heavy atom. The standard InChI is InChI=1S/C15H17N.C10H15NO.C8H17N/c1-16-15(14-10-6-3-7-11-14)12-13-8-4-2-5-9-13;1-11-10(8-12-2)9-6-4-3-5-7-9;1-9-8-6-4-2-3-5-7-8/h2-11,15-16H,12H2,1H3;3-7,10-11H,8H2,1-2H3;8-9H,2-7H2,1H3. The fraction of sp³-hybridized carbons (Fsp3) is 0.455. The maximum atomic E-state index is 5.09. The first-order chi connectivity index (χ1) is 18.2. The maximum Gasteiger partial charge on any atom is 0.0657 e. The van der Waals surface area contributed by atoms with Crippen LogP contribution in [0, 0.1) is 0 Å². The van der Waals surface area contributed by atoms with Crippen molar-refractivity contribution in [3.05, 3.63) is 108 Å². The molecule has 3 aromatic carbocycles. The second-order valence-corrected chi connectivity index (χ2v) is 9.63. The van der Waals surface area contributed by atoms with Crippen molar-refractivity contribution in [1.29, 1.82) is 0 Å². The molecule has 0 radical (unpaired) electrons. The van der Waals surface area contributed by atoms with Gasteiger partial charge in [-0.1, -0.05) is 117 Å². The van der Waals surface area contributed by atoms with E-state index in [1.165, 1.54) is 55.2 Å². The largest absolute Gasteiger partial charge is 0.383 e. The zero-order chi connectivity index (χ0) is 26.6. The van der Waals surface area contributed by atoms with Crippen LogP contribution in [0.4, 0.5) is 0 Å². The Morgan fingerprint density at radius 3 is 1.54 bits per heavy atom. The summed E-state index contributed by atoms with van der Waals surface area (Å²) in [5.74, 6) is 0. The third-order valence-electron chi connectivity index (χ3n) is 6.98. The highest BCUT2D eigenvalue weighted by Crippen LogP contribution is 2.18. The maximum absolute atomic E-state index is 5.09. The fourth-order valence-electron chi connectivity index (χ4n) is 4.69. The highest BCUT2D eigenvalue weighted by molar-refractivity contribution is 5.23. The van der Waals surface area contributed by atoms with Crippen LogP contribution < -0.4 is 16.0 Å². The molecule has 0 amide bonds. The van der Waals surface area contributed by atoms with E-state index >= 15 is 0 Å². The molecule has 0 aliphatic heterocycles. The zero-order valence-corrected chi connectivity index (χ0v) is 23.5. The summed E-state index contributed by atoms with van der Waals surface area (Å²) in [5, 5.41) is 9.90. The van der Waals surface area contributed by atoms with Crippen LogP contribution in [-0.2, 0) is 11.2 Å². The van der Waals surface area contributed by atoms with E-state index in [1.54, 1.807) is 7.11 Å². The molecule has 0 bridgehead atoms. The number of nitrogens with one attached hydrogen (secondary N) is 3. The number of benzene rings is 3. The molecular formula is C33H49N3O. The van der Waals surface area contributed by atoms with Gasteiger partial charge in [0, 0.05) is 19.2 Å². The third-order valence-corrected chi connectivity index (χ3v) is 6.98. The van der Waals surface area contributed by atoms with Crippen LogP contribution in [0.2, 0.25) is 0 Å². The van der Waals surface area contributed by atoms with Gasteiger partial charge in [-0.2, -0.15) is 0 Å². The van der Waals surface area contributed by atoms with Crippen molar-refractivity contribution in [3.63, 3.8) is 0 Å². The molecule has 1 fully saturated rings. The molecule has 0 heterocycles. The van der Waals surface area contributed by atoms with Gasteiger partial charge in [0.05, 0.1) is 12.6 Å². The lowest BCUT2D eigenvalue weighted by Gasteiger charge is -2.16. The van der Waals surface area contributed by atoms with Crippen molar-refractivity contribution in [3.8, 4) is 0 Å². The van der Waals surface area contributed by atoms with Gasteiger partial charge in [-0.15, -0.1) is 0 Å². The Labute approximate surface area is 226 Å². The molecule has 0 aromatic heterocycles. The van der Waals surface area contributed by atoms with Crippen LogP contribution in [0.3, 0.4) is 0 Å². The SMILES string of the molecule is CNC(COC)c1ccccc1.CNC(Cc1ccccc1)c1ccccc1.CNC1CCCCCC1. The van der Waals surface area contributed by atoms with Gasteiger partial charge in [-0.05, 0) is 57.1 Å². The summed E-state index contributed by atoms with van der Waals surface area (Å²) in [6.07, 6.45) is 9.61. The van der Waals surface area contributed by atoms with E-state index in [4.69, 9.17) is 4.74 Å². The predicted molar refractivity (Wildman–Crippen MR) is 159 cm³/mol. The zero-order valence-electron chi connectivity index (χ0n) is 23.5. The molecule has 3 N–H and O–H groups in total. The molecule has 2 atom stereocenters. The minimum atomic E-state index is 0.302. The smallest absolute Gasteiger partial charge is 0.0657 e. The quantitative estimate of drug-likeness (QED) is 0.284. The van der Waals surface area contributed by atoms with E-state index in [0.717, 1.165) is 12.5 Å². The van der Waals surface area contributed by atoms with E-state index in [1.807, 2.05) is 32.3 Å². The first-order valence-electron chi connectivity index (χ1n) is 13.9. The summed E-state index contributed by atoms with van der Waals surface area (Å²) in [5.41, 5.74) is 3.97. The summed E-state index contributed by atoms with van der Waals surface area (Å²) in [6, 6.07) is 33.0. The highest BCUT2D eigenvalue weighted by atomic mass is 16.5. The molecule has 37 heavy (non-hydrogen) atoms. The highest BCUT2D eigenvalue weighted by Gasteiger charge is 2.09. The summed E-state index contributed by atoms with van der Waals surface area (Å²) < 4.78 is 5.09. The second kappa shape index (κ2) is 19.6. The molecule has 202 valence electrons. The first kappa shape index (κ1) is 30.7. The Hall–Kier alpha value is -2.50. The molecule has 1 saturated carbocycles. The van der Waals surface area contributed by atoms with E-state index in [2.05, 4.69) is 95.8 Å². The van der Waals surface area contributed by atoms with Crippen LogP contribution in [0.1, 0.15) is 67.3 Å². The van der Waals surface area contributed by atoms with Crippen LogP contribution in [0.15, 0.2) is 91.0 Å².